The molecule has 3 N–H and O–H groups in total. The fourth-order valence-electron chi connectivity index (χ4n) is 4.58. The van der Waals surface area contributed by atoms with E-state index in [4.69, 9.17) is 4.98 Å². The molecule has 1 unspecified atom stereocenters. The van der Waals surface area contributed by atoms with E-state index in [-0.39, 0.29) is 11.2 Å². The third-order valence-electron chi connectivity index (χ3n) is 6.35. The van der Waals surface area contributed by atoms with E-state index in [9.17, 15) is 5.11 Å². The number of phenolic OH excluding ortho intramolecular Hbond substituents is 1. The lowest BCUT2D eigenvalue weighted by molar-refractivity contribution is 0.475. The van der Waals surface area contributed by atoms with Crippen LogP contribution < -0.4 is 5.32 Å². The Morgan fingerprint density at radius 1 is 1.16 bits per heavy atom. The summed E-state index contributed by atoms with van der Waals surface area (Å²) >= 11 is 0. The molecule has 0 saturated heterocycles. The average molecular weight is 435 g/mol. The fraction of sp³-hybridized carbons (Fsp3) is 0.481. The number of rotatable bonds is 4. The maximum Gasteiger partial charge on any atom is 0.153 e. The Kier molecular flexibility index (Phi) is 8.32. The number of aromatic hydroxyl groups is 1. The first-order valence-corrected chi connectivity index (χ1v) is 12.1. The molecule has 5 nitrogen and oxygen atoms in total. The number of aromatic amines is 1. The summed E-state index contributed by atoms with van der Waals surface area (Å²) in [5.41, 5.74) is 2.62. The van der Waals surface area contributed by atoms with E-state index in [0.29, 0.717) is 5.92 Å². The first-order chi connectivity index (χ1) is 15.6. The lowest BCUT2D eigenvalue weighted by Crippen LogP contribution is -2.25. The summed E-state index contributed by atoms with van der Waals surface area (Å²) in [5.74, 6) is 2.51. The van der Waals surface area contributed by atoms with Crippen molar-refractivity contribution in [3.05, 3.63) is 65.8 Å². The lowest BCUT2D eigenvalue weighted by atomic mass is 9.79. The third-order valence-corrected chi connectivity index (χ3v) is 6.35. The minimum Gasteiger partial charge on any atom is -0.508 e. The number of allylic oxidation sites excluding steroid dienone is 4. The van der Waals surface area contributed by atoms with Gasteiger partial charge in [0, 0.05) is 30.1 Å². The van der Waals surface area contributed by atoms with Crippen LogP contribution in [0.3, 0.4) is 0 Å². The van der Waals surface area contributed by atoms with Crippen molar-refractivity contribution in [1.82, 2.24) is 9.97 Å². The third kappa shape index (κ3) is 5.50. The molecule has 0 radical (unpaired) electrons. The summed E-state index contributed by atoms with van der Waals surface area (Å²) in [6.45, 7) is 6.25. The summed E-state index contributed by atoms with van der Waals surface area (Å²) in [7, 11) is 1.79. The number of hydrogen-bond donors (Lipinski definition) is 3. The van der Waals surface area contributed by atoms with E-state index in [1.807, 2.05) is 26.0 Å². The molecule has 0 amide bonds. The molecule has 1 heterocycles. The van der Waals surface area contributed by atoms with E-state index in [1.54, 1.807) is 19.2 Å². The number of benzene rings is 1. The van der Waals surface area contributed by atoms with Gasteiger partial charge in [-0.05, 0) is 31.4 Å². The van der Waals surface area contributed by atoms with Gasteiger partial charge < -0.3 is 15.4 Å². The van der Waals surface area contributed by atoms with Gasteiger partial charge in [0.05, 0.1) is 5.69 Å². The van der Waals surface area contributed by atoms with Crippen LogP contribution in [-0.4, -0.2) is 28.0 Å². The number of H-pyrrole nitrogens is 1. The second-order valence-corrected chi connectivity index (χ2v) is 8.69. The minimum atomic E-state index is -0.156. The van der Waals surface area contributed by atoms with Gasteiger partial charge in [0.2, 0.25) is 0 Å². The Balaban J connectivity index is 0.00000141. The number of aromatic nitrogens is 2. The number of anilines is 1. The summed E-state index contributed by atoms with van der Waals surface area (Å²) < 4.78 is 0. The molecule has 32 heavy (non-hydrogen) atoms. The molecular formula is C27H38N4O. The van der Waals surface area contributed by atoms with Crippen LogP contribution in [0, 0.1) is 0 Å². The number of phenols is 1. The van der Waals surface area contributed by atoms with E-state index < -0.39 is 0 Å². The molecule has 5 heteroatoms. The van der Waals surface area contributed by atoms with E-state index in [0.717, 1.165) is 35.2 Å². The molecule has 1 aromatic carbocycles. The van der Waals surface area contributed by atoms with Crippen LogP contribution >= 0.6 is 0 Å². The quantitative estimate of drug-likeness (QED) is 0.280. The van der Waals surface area contributed by atoms with Crippen LogP contribution in [0.4, 0.5) is 5.69 Å². The van der Waals surface area contributed by atoms with Crippen molar-refractivity contribution in [3.63, 3.8) is 0 Å². The SMILES string of the molecule is CC.CN=C(Nc1cccc(O)c1)c1nc(C2CCCCCC2)[nH]c1C1(C)C=CC=CC1. The van der Waals surface area contributed by atoms with Gasteiger partial charge in [0.25, 0.3) is 0 Å². The van der Waals surface area contributed by atoms with Crippen LogP contribution in [0.15, 0.2) is 53.6 Å². The first-order valence-electron chi connectivity index (χ1n) is 12.1. The Labute approximate surface area is 192 Å². The summed E-state index contributed by atoms with van der Waals surface area (Å²) in [6, 6.07) is 7.12. The van der Waals surface area contributed by atoms with Crippen molar-refractivity contribution in [2.24, 2.45) is 4.99 Å². The highest BCUT2D eigenvalue weighted by atomic mass is 16.3. The predicted octanol–water partition coefficient (Wildman–Crippen LogP) is 6.84. The van der Waals surface area contributed by atoms with Gasteiger partial charge in [-0.25, -0.2) is 4.98 Å². The van der Waals surface area contributed by atoms with E-state index >= 15 is 0 Å². The van der Waals surface area contributed by atoms with Crippen LogP contribution in [0.1, 0.15) is 88.8 Å². The Bertz CT molecular complexity index is 964. The molecule has 2 aliphatic rings. The van der Waals surface area contributed by atoms with Crippen molar-refractivity contribution in [2.45, 2.75) is 77.0 Å². The number of imidazole rings is 1. The molecule has 1 atom stereocenters. The summed E-state index contributed by atoms with van der Waals surface area (Å²) in [5, 5.41) is 13.2. The van der Waals surface area contributed by atoms with E-state index in [2.05, 4.69) is 46.5 Å². The number of amidine groups is 1. The average Bonchev–Trinajstić information content (AvgIpc) is 3.08. The predicted molar refractivity (Wildman–Crippen MR) is 135 cm³/mol. The topological polar surface area (TPSA) is 73.3 Å². The van der Waals surface area contributed by atoms with Crippen molar-refractivity contribution >= 4 is 11.5 Å². The monoisotopic (exact) mass is 434 g/mol. The zero-order valence-electron chi connectivity index (χ0n) is 20.0. The van der Waals surface area contributed by atoms with Gasteiger partial charge in [0.15, 0.2) is 5.84 Å². The fourth-order valence-corrected chi connectivity index (χ4v) is 4.58. The molecule has 1 fully saturated rings. The van der Waals surface area contributed by atoms with Crippen LogP contribution in [-0.2, 0) is 5.41 Å². The normalized spacial score (nSPS) is 21.6. The van der Waals surface area contributed by atoms with Crippen LogP contribution in [0.5, 0.6) is 5.75 Å². The van der Waals surface area contributed by atoms with Crippen LogP contribution in [0.25, 0.3) is 0 Å². The van der Waals surface area contributed by atoms with Crippen molar-refractivity contribution in [3.8, 4) is 5.75 Å². The second-order valence-electron chi connectivity index (χ2n) is 8.69. The number of hydrogen-bond acceptors (Lipinski definition) is 3. The largest absolute Gasteiger partial charge is 0.508 e. The maximum absolute atomic E-state index is 9.85. The Hall–Kier alpha value is -2.82. The standard InChI is InChI=1S/C25H32N4O.C2H6/c1-25(15-8-5-9-16-25)22-21(24(26-2)27-19-13-10-14-20(30)17-19)28-23(29-22)18-11-6-3-4-7-12-18;1-2/h5,8-10,13-15,17-18,30H,3-4,6-7,11-12,16H2,1-2H3,(H,26,27)(H,28,29);1-2H3. The zero-order chi connectivity index (χ0) is 23.0. The first kappa shape index (κ1) is 23.8. The molecular weight excluding hydrogens is 396 g/mol. The highest BCUT2D eigenvalue weighted by Crippen LogP contribution is 2.37. The number of nitrogens with one attached hydrogen (secondary N) is 2. The molecule has 4 rings (SSSR count). The van der Waals surface area contributed by atoms with Gasteiger partial charge in [-0.1, -0.05) is 76.8 Å². The summed E-state index contributed by atoms with van der Waals surface area (Å²) in [6.07, 6.45) is 17.2. The smallest absolute Gasteiger partial charge is 0.153 e. The maximum atomic E-state index is 9.85. The second kappa shape index (κ2) is 11.2. The Morgan fingerprint density at radius 3 is 2.53 bits per heavy atom. The van der Waals surface area contributed by atoms with Gasteiger partial charge >= 0.3 is 0 Å². The molecule has 1 aromatic heterocycles. The van der Waals surface area contributed by atoms with Crippen LogP contribution in [0.2, 0.25) is 0 Å². The zero-order valence-corrected chi connectivity index (χ0v) is 20.0. The molecule has 172 valence electrons. The summed E-state index contributed by atoms with van der Waals surface area (Å²) in [4.78, 5) is 13.4. The van der Waals surface area contributed by atoms with Gasteiger partial charge in [-0.2, -0.15) is 0 Å². The number of aliphatic imine (C=N–C) groups is 1. The van der Waals surface area contributed by atoms with Crippen molar-refractivity contribution < 1.29 is 5.11 Å². The highest BCUT2D eigenvalue weighted by molar-refractivity contribution is 6.08. The molecule has 0 spiro atoms. The van der Waals surface area contributed by atoms with Crippen molar-refractivity contribution in [1.29, 1.82) is 0 Å². The minimum absolute atomic E-state index is 0.156. The molecule has 2 aromatic rings. The highest BCUT2D eigenvalue weighted by Gasteiger charge is 2.33. The number of nitrogens with zero attached hydrogens (tertiary/aromatic N) is 2. The lowest BCUT2D eigenvalue weighted by Gasteiger charge is -2.27. The molecule has 0 aliphatic heterocycles. The Morgan fingerprint density at radius 2 is 1.91 bits per heavy atom. The molecule has 0 bridgehead atoms. The van der Waals surface area contributed by atoms with E-state index in [1.165, 1.54) is 38.5 Å². The van der Waals surface area contributed by atoms with Gasteiger partial charge in [0.1, 0.15) is 17.3 Å². The molecule has 1 saturated carbocycles. The molecule has 2 aliphatic carbocycles. The van der Waals surface area contributed by atoms with Gasteiger partial charge in [-0.3, -0.25) is 4.99 Å². The van der Waals surface area contributed by atoms with Crippen molar-refractivity contribution in [2.75, 3.05) is 12.4 Å². The van der Waals surface area contributed by atoms with Gasteiger partial charge in [-0.15, -0.1) is 0 Å².